The van der Waals surface area contributed by atoms with Gasteiger partial charge in [0.2, 0.25) is 11.7 Å². The summed E-state index contributed by atoms with van der Waals surface area (Å²) in [6.07, 6.45) is 2.34. The van der Waals surface area contributed by atoms with Gasteiger partial charge >= 0.3 is 6.03 Å². The molecule has 0 bridgehead atoms. The average Bonchev–Trinajstić information content (AvgIpc) is 3.04. The van der Waals surface area contributed by atoms with Gasteiger partial charge in [0, 0.05) is 23.9 Å². The lowest BCUT2D eigenvalue weighted by atomic mass is 10.2. The van der Waals surface area contributed by atoms with Gasteiger partial charge in [-0.3, -0.25) is 5.32 Å². The highest BCUT2D eigenvalue weighted by molar-refractivity contribution is 5.99. The molecule has 2 amide bonds. The number of amides is 2. The van der Waals surface area contributed by atoms with Crippen LogP contribution in [-0.4, -0.2) is 21.2 Å². The Labute approximate surface area is 139 Å². The van der Waals surface area contributed by atoms with Gasteiger partial charge < -0.3 is 9.84 Å². The zero-order valence-corrected chi connectivity index (χ0v) is 13.4. The maximum atomic E-state index is 12.0. The maximum Gasteiger partial charge on any atom is 0.324 e. The van der Waals surface area contributed by atoms with Crippen molar-refractivity contribution in [1.29, 1.82) is 0 Å². The summed E-state index contributed by atoms with van der Waals surface area (Å²) >= 11 is 0. The fraction of sp³-hybridized carbons (Fsp3) is 0.176. The molecule has 122 valence electrons. The molecule has 3 rings (SSSR count). The van der Waals surface area contributed by atoms with Gasteiger partial charge in [0.25, 0.3) is 0 Å². The zero-order valence-electron chi connectivity index (χ0n) is 13.4. The van der Waals surface area contributed by atoms with Crippen LogP contribution in [0.2, 0.25) is 0 Å². The second-order valence-electron chi connectivity index (χ2n) is 5.24. The zero-order chi connectivity index (χ0) is 16.9. The molecule has 0 aliphatic heterocycles. The SMILES string of the molecule is CCc1nc(-c2ccc(NC(=O)Nc3cc(C)ccn3)cc2)no1. The Kier molecular flexibility index (Phi) is 4.51. The fourth-order valence-corrected chi connectivity index (χ4v) is 2.10. The normalized spacial score (nSPS) is 10.4. The number of rotatable bonds is 4. The molecule has 1 aromatic carbocycles. The highest BCUT2D eigenvalue weighted by Crippen LogP contribution is 2.19. The van der Waals surface area contributed by atoms with E-state index in [1.165, 1.54) is 0 Å². The Morgan fingerprint density at radius 2 is 1.96 bits per heavy atom. The first-order chi connectivity index (χ1) is 11.6. The third kappa shape index (κ3) is 3.75. The molecule has 7 heteroatoms. The van der Waals surface area contributed by atoms with E-state index in [1.807, 2.05) is 32.0 Å². The minimum atomic E-state index is -0.353. The summed E-state index contributed by atoms with van der Waals surface area (Å²) in [5, 5.41) is 9.36. The average molecular weight is 323 g/mol. The Balaban J connectivity index is 1.64. The number of pyridine rings is 1. The fourth-order valence-electron chi connectivity index (χ4n) is 2.10. The van der Waals surface area contributed by atoms with Gasteiger partial charge in [0.05, 0.1) is 0 Å². The lowest BCUT2D eigenvalue weighted by Gasteiger charge is -2.07. The summed E-state index contributed by atoms with van der Waals surface area (Å²) in [7, 11) is 0. The highest BCUT2D eigenvalue weighted by atomic mass is 16.5. The van der Waals surface area contributed by atoms with Crippen molar-refractivity contribution in [3.8, 4) is 11.4 Å². The largest absolute Gasteiger partial charge is 0.339 e. The maximum absolute atomic E-state index is 12.0. The second-order valence-corrected chi connectivity index (χ2v) is 5.24. The minimum Gasteiger partial charge on any atom is -0.339 e. The predicted molar refractivity (Wildman–Crippen MR) is 90.7 cm³/mol. The number of aromatic nitrogens is 3. The molecule has 24 heavy (non-hydrogen) atoms. The molecule has 0 radical (unpaired) electrons. The van der Waals surface area contributed by atoms with Gasteiger partial charge in [-0.2, -0.15) is 4.98 Å². The molecule has 0 fully saturated rings. The molecule has 0 aliphatic carbocycles. The number of hydrogen-bond donors (Lipinski definition) is 2. The number of carbonyl (C=O) groups is 1. The van der Waals surface area contributed by atoms with Crippen LogP contribution in [0.4, 0.5) is 16.3 Å². The monoisotopic (exact) mass is 323 g/mol. The van der Waals surface area contributed by atoms with Crippen LogP contribution < -0.4 is 10.6 Å². The van der Waals surface area contributed by atoms with Crippen LogP contribution in [0.5, 0.6) is 0 Å². The second kappa shape index (κ2) is 6.91. The molecule has 2 N–H and O–H groups in total. The third-order valence-electron chi connectivity index (χ3n) is 3.33. The van der Waals surface area contributed by atoms with E-state index in [0.29, 0.717) is 29.6 Å². The van der Waals surface area contributed by atoms with Crippen molar-refractivity contribution >= 4 is 17.5 Å². The molecule has 0 unspecified atom stereocenters. The van der Waals surface area contributed by atoms with E-state index in [2.05, 4.69) is 25.8 Å². The first kappa shape index (κ1) is 15.7. The van der Waals surface area contributed by atoms with Crippen LogP contribution in [0, 0.1) is 6.92 Å². The number of urea groups is 1. The predicted octanol–water partition coefficient (Wildman–Crippen LogP) is 3.65. The summed E-state index contributed by atoms with van der Waals surface area (Å²) in [6, 6.07) is 10.5. The molecular weight excluding hydrogens is 306 g/mol. The van der Waals surface area contributed by atoms with Gasteiger partial charge in [-0.15, -0.1) is 0 Å². The van der Waals surface area contributed by atoms with E-state index < -0.39 is 0 Å². The summed E-state index contributed by atoms with van der Waals surface area (Å²) in [5.74, 6) is 1.63. The Bertz CT molecular complexity index is 842. The number of nitrogens with one attached hydrogen (secondary N) is 2. The molecule has 0 aliphatic rings. The standard InChI is InChI=1S/C17H17N5O2/c1-3-15-21-16(22-24-15)12-4-6-13(7-5-12)19-17(23)20-14-10-11(2)8-9-18-14/h4-10H,3H2,1-2H3,(H2,18,19,20,23). The van der Waals surface area contributed by atoms with Crippen LogP contribution in [0.3, 0.4) is 0 Å². The summed E-state index contributed by atoms with van der Waals surface area (Å²) in [6.45, 7) is 3.89. The van der Waals surface area contributed by atoms with Gasteiger partial charge in [0.15, 0.2) is 0 Å². The highest BCUT2D eigenvalue weighted by Gasteiger charge is 2.08. The van der Waals surface area contributed by atoms with E-state index in [-0.39, 0.29) is 6.03 Å². The Hall–Kier alpha value is -3.22. The van der Waals surface area contributed by atoms with Crippen molar-refractivity contribution in [2.75, 3.05) is 10.6 Å². The van der Waals surface area contributed by atoms with Gasteiger partial charge in [-0.05, 0) is 48.9 Å². The van der Waals surface area contributed by atoms with Crippen molar-refractivity contribution < 1.29 is 9.32 Å². The number of hydrogen-bond acceptors (Lipinski definition) is 5. The van der Waals surface area contributed by atoms with Crippen LogP contribution in [0.25, 0.3) is 11.4 Å². The number of aryl methyl sites for hydroxylation is 2. The van der Waals surface area contributed by atoms with Crippen molar-refractivity contribution in [1.82, 2.24) is 15.1 Å². The number of anilines is 2. The lowest BCUT2D eigenvalue weighted by molar-refractivity contribution is 0.262. The summed E-state index contributed by atoms with van der Waals surface area (Å²) in [5.41, 5.74) is 2.50. The molecule has 0 atom stereocenters. The van der Waals surface area contributed by atoms with Crippen LogP contribution >= 0.6 is 0 Å². The molecule has 3 aromatic rings. The lowest BCUT2D eigenvalue weighted by Crippen LogP contribution is -2.20. The minimum absolute atomic E-state index is 0.353. The van der Waals surface area contributed by atoms with Crippen LogP contribution in [0.15, 0.2) is 47.1 Å². The number of nitrogens with zero attached hydrogens (tertiary/aromatic N) is 3. The molecule has 0 saturated carbocycles. The molecule has 0 spiro atoms. The number of carbonyl (C=O) groups excluding carboxylic acids is 1. The molecular formula is C17H17N5O2. The van der Waals surface area contributed by atoms with Gasteiger partial charge in [-0.25, -0.2) is 9.78 Å². The van der Waals surface area contributed by atoms with Gasteiger partial charge in [-0.1, -0.05) is 12.1 Å². The van der Waals surface area contributed by atoms with Crippen LogP contribution in [0.1, 0.15) is 18.4 Å². The van der Waals surface area contributed by atoms with E-state index >= 15 is 0 Å². The molecule has 0 saturated heterocycles. The van der Waals surface area contributed by atoms with Crippen molar-refractivity contribution in [3.05, 3.63) is 54.0 Å². The van der Waals surface area contributed by atoms with Crippen molar-refractivity contribution in [3.63, 3.8) is 0 Å². The Morgan fingerprint density at radius 3 is 2.62 bits per heavy atom. The smallest absolute Gasteiger partial charge is 0.324 e. The number of benzene rings is 1. The van der Waals surface area contributed by atoms with E-state index in [9.17, 15) is 4.79 Å². The van der Waals surface area contributed by atoms with Crippen molar-refractivity contribution in [2.24, 2.45) is 0 Å². The summed E-state index contributed by atoms with van der Waals surface area (Å²) < 4.78 is 5.09. The Morgan fingerprint density at radius 1 is 1.17 bits per heavy atom. The van der Waals surface area contributed by atoms with Crippen molar-refractivity contribution in [2.45, 2.75) is 20.3 Å². The first-order valence-corrected chi connectivity index (χ1v) is 7.57. The molecule has 2 aromatic heterocycles. The first-order valence-electron chi connectivity index (χ1n) is 7.57. The van der Waals surface area contributed by atoms with Crippen LogP contribution in [-0.2, 0) is 6.42 Å². The van der Waals surface area contributed by atoms with Gasteiger partial charge in [0.1, 0.15) is 5.82 Å². The quantitative estimate of drug-likeness (QED) is 0.764. The van der Waals surface area contributed by atoms with E-state index in [1.54, 1.807) is 24.4 Å². The molecule has 7 nitrogen and oxygen atoms in total. The summed E-state index contributed by atoms with van der Waals surface area (Å²) in [4.78, 5) is 20.3. The van der Waals surface area contributed by atoms with E-state index in [4.69, 9.17) is 4.52 Å². The van der Waals surface area contributed by atoms with E-state index in [0.717, 1.165) is 11.1 Å². The topological polar surface area (TPSA) is 92.9 Å². The third-order valence-corrected chi connectivity index (χ3v) is 3.33. The molecule has 2 heterocycles.